The van der Waals surface area contributed by atoms with Gasteiger partial charge >= 0.3 is 0 Å². The van der Waals surface area contributed by atoms with Gasteiger partial charge in [0, 0.05) is 43.9 Å². The van der Waals surface area contributed by atoms with Crippen molar-refractivity contribution in [2.24, 2.45) is 4.99 Å². The summed E-state index contributed by atoms with van der Waals surface area (Å²) < 4.78 is 13.1. The molecule has 4 heteroatoms. The molecule has 4 nitrogen and oxygen atoms in total. The van der Waals surface area contributed by atoms with Gasteiger partial charge in [-0.1, -0.05) is 121 Å². The van der Waals surface area contributed by atoms with Crippen LogP contribution < -0.4 is 5.32 Å². The summed E-state index contributed by atoms with van der Waals surface area (Å²) in [5.74, 6) is 0. The molecule has 3 heterocycles. The predicted octanol–water partition coefficient (Wildman–Crippen LogP) is 11.4. The molecule has 0 bridgehead atoms. The van der Waals surface area contributed by atoms with Crippen LogP contribution in [0, 0.1) is 0 Å². The van der Waals surface area contributed by atoms with Crippen LogP contribution in [0.4, 0.5) is 0 Å². The molecule has 226 valence electrons. The van der Waals surface area contributed by atoms with Crippen molar-refractivity contribution in [2.45, 2.75) is 6.17 Å². The van der Waals surface area contributed by atoms with Crippen molar-refractivity contribution >= 4 is 66.1 Å². The summed E-state index contributed by atoms with van der Waals surface area (Å²) in [6.07, 6.45) is 1.78. The highest BCUT2D eigenvalue weighted by molar-refractivity contribution is 6.15. The number of allylic oxidation sites excluding steroid dienone is 1. The number of fused-ring (bicyclic) bond motifs is 7. The van der Waals surface area contributed by atoms with Crippen LogP contribution in [-0.2, 0) is 0 Å². The summed E-state index contributed by atoms with van der Waals surface area (Å²) in [6, 6.07) is 52.8. The lowest BCUT2D eigenvalue weighted by Crippen LogP contribution is -2.25. The van der Waals surface area contributed by atoms with Crippen molar-refractivity contribution in [2.75, 3.05) is 0 Å². The summed E-state index contributed by atoms with van der Waals surface area (Å²) in [4.78, 5) is 5.44. The first-order chi connectivity index (χ1) is 23.8. The van der Waals surface area contributed by atoms with Gasteiger partial charge in [0.1, 0.15) is 28.5 Å². The van der Waals surface area contributed by atoms with Crippen LogP contribution in [0.5, 0.6) is 0 Å². The zero-order valence-corrected chi connectivity index (χ0v) is 25.9. The topological polar surface area (TPSA) is 50.7 Å². The Morgan fingerprint density at radius 2 is 1.23 bits per heavy atom. The van der Waals surface area contributed by atoms with Gasteiger partial charge in [0.05, 0.1) is 5.71 Å². The Bertz CT molecular complexity index is 2770. The third-order valence-electron chi connectivity index (χ3n) is 9.49. The summed E-state index contributed by atoms with van der Waals surface area (Å²) in [7, 11) is 0. The fraction of sp³-hybridized carbons (Fsp3) is 0.0227. The van der Waals surface area contributed by atoms with Gasteiger partial charge in [0.2, 0.25) is 0 Å². The molecule has 0 fully saturated rings. The summed E-state index contributed by atoms with van der Waals surface area (Å²) in [5, 5.41) is 10.5. The molecule has 0 radical (unpaired) electrons. The molecule has 0 aliphatic carbocycles. The van der Waals surface area contributed by atoms with Gasteiger partial charge in [0.15, 0.2) is 0 Å². The van der Waals surface area contributed by atoms with Crippen molar-refractivity contribution in [3.63, 3.8) is 0 Å². The summed E-state index contributed by atoms with van der Waals surface area (Å²) in [5.41, 5.74) is 10.6. The second-order valence-corrected chi connectivity index (χ2v) is 12.4. The Kier molecular flexibility index (Phi) is 5.90. The van der Waals surface area contributed by atoms with Crippen molar-refractivity contribution in [3.8, 4) is 11.1 Å². The van der Waals surface area contributed by atoms with E-state index < -0.39 is 0 Å². The minimum Gasteiger partial charge on any atom is -0.456 e. The maximum absolute atomic E-state index is 6.57. The van der Waals surface area contributed by atoms with Crippen LogP contribution in [0.25, 0.3) is 71.5 Å². The molecular formula is C44H28N2O2. The van der Waals surface area contributed by atoms with E-state index in [1.165, 1.54) is 10.8 Å². The first kappa shape index (κ1) is 26.8. The molecule has 1 N–H and O–H groups in total. The van der Waals surface area contributed by atoms with E-state index in [0.717, 1.165) is 83.1 Å². The first-order valence-corrected chi connectivity index (χ1v) is 16.2. The number of furan rings is 2. The standard InChI is InChI=1S/C44H28N2O2/c1-2-12-28(13-3-1)37-26-38(30-22-21-27-11-4-5-14-29(27)23-30)46-44(45-37)36-24-31(25-41-42(36)35-16-7-9-20-40(35)47-41)32-17-10-18-34-33-15-6-8-19-39(33)48-43(32)34/h1-26,44-45H. The van der Waals surface area contributed by atoms with Crippen LogP contribution in [0.1, 0.15) is 22.9 Å². The maximum Gasteiger partial charge on any atom is 0.146 e. The highest BCUT2D eigenvalue weighted by atomic mass is 16.3. The zero-order chi connectivity index (χ0) is 31.6. The Labute approximate surface area is 276 Å². The lowest BCUT2D eigenvalue weighted by atomic mass is 9.94. The number of aliphatic imine (C=N–C) groups is 1. The summed E-state index contributed by atoms with van der Waals surface area (Å²) in [6.45, 7) is 0. The van der Waals surface area contributed by atoms with Crippen LogP contribution in [0.3, 0.4) is 0 Å². The fourth-order valence-corrected chi connectivity index (χ4v) is 7.20. The molecule has 10 rings (SSSR count). The lowest BCUT2D eigenvalue weighted by molar-refractivity contribution is 0.658. The molecule has 2 aromatic heterocycles. The van der Waals surface area contributed by atoms with Gasteiger partial charge in [-0.25, -0.2) is 0 Å². The van der Waals surface area contributed by atoms with Crippen molar-refractivity contribution in [3.05, 3.63) is 174 Å². The molecule has 1 aliphatic rings. The number of rotatable bonds is 4. The van der Waals surface area contributed by atoms with E-state index in [2.05, 4.69) is 133 Å². The first-order valence-electron chi connectivity index (χ1n) is 16.2. The monoisotopic (exact) mass is 616 g/mol. The van der Waals surface area contributed by atoms with Crippen molar-refractivity contribution in [1.29, 1.82) is 0 Å². The fourth-order valence-electron chi connectivity index (χ4n) is 7.20. The van der Waals surface area contributed by atoms with Crippen molar-refractivity contribution < 1.29 is 8.83 Å². The number of para-hydroxylation sites is 3. The van der Waals surface area contributed by atoms with E-state index in [1.54, 1.807) is 0 Å². The number of hydrogen-bond donors (Lipinski definition) is 1. The van der Waals surface area contributed by atoms with E-state index in [0.29, 0.717) is 0 Å². The van der Waals surface area contributed by atoms with Crippen LogP contribution in [0.15, 0.2) is 172 Å². The van der Waals surface area contributed by atoms with Gasteiger partial charge in [-0.05, 0) is 58.3 Å². The summed E-state index contributed by atoms with van der Waals surface area (Å²) >= 11 is 0. The van der Waals surface area contributed by atoms with Gasteiger partial charge in [-0.2, -0.15) is 0 Å². The molecule has 0 amide bonds. The van der Waals surface area contributed by atoms with Crippen LogP contribution in [0.2, 0.25) is 0 Å². The van der Waals surface area contributed by atoms with Gasteiger partial charge in [-0.15, -0.1) is 0 Å². The molecule has 7 aromatic carbocycles. The molecule has 48 heavy (non-hydrogen) atoms. The Morgan fingerprint density at radius 1 is 0.500 bits per heavy atom. The highest BCUT2D eigenvalue weighted by Crippen LogP contribution is 2.42. The highest BCUT2D eigenvalue weighted by Gasteiger charge is 2.25. The Balaban J connectivity index is 1.22. The second kappa shape index (κ2) is 10.6. The number of nitrogens with one attached hydrogen (secondary N) is 1. The van der Waals surface area contributed by atoms with E-state index in [4.69, 9.17) is 13.8 Å². The van der Waals surface area contributed by atoms with Gasteiger partial charge in [-0.3, -0.25) is 4.99 Å². The van der Waals surface area contributed by atoms with Crippen LogP contribution >= 0.6 is 0 Å². The largest absolute Gasteiger partial charge is 0.456 e. The SMILES string of the molecule is C1=C(c2ccccc2)NC(c2cc(-c3cccc4c3oc3ccccc34)cc3oc4ccccc4c23)N=C1c1ccc2ccccc2c1. The minimum absolute atomic E-state index is 0.384. The average molecular weight is 617 g/mol. The van der Waals surface area contributed by atoms with E-state index in [1.807, 2.05) is 30.3 Å². The smallest absolute Gasteiger partial charge is 0.146 e. The lowest BCUT2D eigenvalue weighted by Gasteiger charge is -2.26. The predicted molar refractivity (Wildman–Crippen MR) is 197 cm³/mol. The Morgan fingerprint density at radius 3 is 2.10 bits per heavy atom. The second-order valence-electron chi connectivity index (χ2n) is 12.4. The molecule has 0 saturated heterocycles. The number of hydrogen-bond acceptors (Lipinski definition) is 4. The minimum atomic E-state index is -0.384. The third kappa shape index (κ3) is 4.27. The molecular weight excluding hydrogens is 588 g/mol. The number of nitrogens with zero attached hydrogens (tertiary/aromatic N) is 1. The average Bonchev–Trinajstić information content (AvgIpc) is 3.73. The maximum atomic E-state index is 6.57. The van der Waals surface area contributed by atoms with Crippen LogP contribution in [-0.4, -0.2) is 5.71 Å². The number of benzene rings is 7. The molecule has 1 unspecified atom stereocenters. The molecule has 1 atom stereocenters. The van der Waals surface area contributed by atoms with E-state index in [9.17, 15) is 0 Å². The van der Waals surface area contributed by atoms with E-state index in [-0.39, 0.29) is 6.17 Å². The van der Waals surface area contributed by atoms with Gasteiger partial charge < -0.3 is 14.2 Å². The normalized spacial score (nSPS) is 14.9. The van der Waals surface area contributed by atoms with E-state index >= 15 is 0 Å². The molecule has 0 spiro atoms. The molecule has 1 aliphatic heterocycles. The Hall–Kier alpha value is -6.39. The van der Waals surface area contributed by atoms with Gasteiger partial charge in [0.25, 0.3) is 0 Å². The molecule has 9 aromatic rings. The zero-order valence-electron chi connectivity index (χ0n) is 25.9. The third-order valence-corrected chi connectivity index (χ3v) is 9.49. The quantitative estimate of drug-likeness (QED) is 0.214. The van der Waals surface area contributed by atoms with Crippen molar-refractivity contribution in [1.82, 2.24) is 5.32 Å². The molecule has 0 saturated carbocycles.